The highest BCUT2D eigenvalue weighted by molar-refractivity contribution is 7.93. The molecule has 0 fully saturated rings. The highest BCUT2D eigenvalue weighted by Crippen LogP contribution is 2.30. The Morgan fingerprint density at radius 1 is 0.967 bits per heavy atom. The summed E-state index contributed by atoms with van der Waals surface area (Å²) in [4.78, 5) is 0.104. The summed E-state index contributed by atoms with van der Waals surface area (Å²) in [5.41, 5.74) is 3.64. The molecule has 2 heterocycles. The number of fused-ring (bicyclic) bond motifs is 1. The molecule has 0 N–H and O–H groups in total. The number of sulfonamides is 1. The zero-order valence-electron chi connectivity index (χ0n) is 16.9. The van der Waals surface area contributed by atoms with Gasteiger partial charge in [-0.2, -0.15) is 0 Å². The minimum atomic E-state index is -3.95. The van der Waals surface area contributed by atoms with Gasteiger partial charge in [-0.1, -0.05) is 29.8 Å². The van der Waals surface area contributed by atoms with Crippen LogP contribution in [0.25, 0.3) is 5.65 Å². The maximum Gasteiger partial charge on any atom is 0.268 e. The lowest BCUT2D eigenvalue weighted by atomic mass is 10.1. The molecule has 0 aliphatic heterocycles. The van der Waals surface area contributed by atoms with Crippen molar-refractivity contribution in [3.8, 4) is 0 Å². The average Bonchev–Trinajstić information content (AvgIpc) is 3.06. The summed E-state index contributed by atoms with van der Waals surface area (Å²) in [5, 5.41) is 8.70. The Balaban J connectivity index is 1.91. The number of halogens is 1. The topological polar surface area (TPSA) is 67.6 Å². The quantitative estimate of drug-likeness (QED) is 0.451. The van der Waals surface area contributed by atoms with Crippen LogP contribution in [0, 0.1) is 20.8 Å². The smallest absolute Gasteiger partial charge is 0.268 e. The Bertz CT molecular complexity index is 1330. The van der Waals surface area contributed by atoms with E-state index in [1.165, 1.54) is 4.31 Å². The molecule has 0 atom stereocenters. The third kappa shape index (κ3) is 3.78. The fourth-order valence-corrected chi connectivity index (χ4v) is 5.31. The number of pyridine rings is 1. The van der Waals surface area contributed by atoms with E-state index in [4.69, 9.17) is 11.6 Å². The molecule has 0 bridgehead atoms. The fourth-order valence-electron chi connectivity index (χ4n) is 3.54. The molecular formula is C22H21ClN4O2S. The Morgan fingerprint density at radius 2 is 1.70 bits per heavy atom. The third-order valence-electron chi connectivity index (χ3n) is 4.85. The van der Waals surface area contributed by atoms with E-state index in [9.17, 15) is 8.42 Å². The standard InChI is InChI=1S/C22H21ClN4O2S/c1-15-10-16(2)12-20(11-15)27(14-18-6-4-7-19(23)13-18)30(28,29)21-8-5-9-26-17(3)24-25-22(21)26/h4-13H,14H2,1-3H3. The van der Waals surface area contributed by atoms with Crippen LogP contribution in [0.3, 0.4) is 0 Å². The molecule has 8 heteroatoms. The molecule has 2 aromatic heterocycles. The lowest BCUT2D eigenvalue weighted by Crippen LogP contribution is -2.31. The second kappa shape index (κ2) is 7.74. The van der Waals surface area contributed by atoms with E-state index in [0.717, 1.165) is 16.7 Å². The number of aryl methyl sites for hydroxylation is 3. The van der Waals surface area contributed by atoms with Gasteiger partial charge in [0.05, 0.1) is 12.2 Å². The first-order valence-corrected chi connectivity index (χ1v) is 11.2. The second-order valence-electron chi connectivity index (χ2n) is 7.30. The van der Waals surface area contributed by atoms with Gasteiger partial charge in [0.25, 0.3) is 10.0 Å². The first kappa shape index (κ1) is 20.4. The lowest BCUT2D eigenvalue weighted by Gasteiger charge is -2.25. The van der Waals surface area contributed by atoms with Crippen LogP contribution in [0.4, 0.5) is 5.69 Å². The van der Waals surface area contributed by atoms with Crippen molar-refractivity contribution in [1.29, 1.82) is 0 Å². The zero-order valence-corrected chi connectivity index (χ0v) is 18.4. The molecule has 0 aliphatic rings. The summed E-state index contributed by atoms with van der Waals surface area (Å²) < 4.78 is 30.8. The molecule has 0 saturated heterocycles. The summed E-state index contributed by atoms with van der Waals surface area (Å²) >= 11 is 6.15. The second-order valence-corrected chi connectivity index (χ2v) is 9.57. The van der Waals surface area contributed by atoms with Crippen molar-refractivity contribution < 1.29 is 8.42 Å². The highest BCUT2D eigenvalue weighted by Gasteiger charge is 2.29. The summed E-state index contributed by atoms with van der Waals surface area (Å²) in [6.07, 6.45) is 1.75. The zero-order chi connectivity index (χ0) is 21.5. The van der Waals surface area contributed by atoms with Gasteiger partial charge in [0.2, 0.25) is 0 Å². The van der Waals surface area contributed by atoms with Gasteiger partial charge in [-0.25, -0.2) is 8.42 Å². The molecule has 0 amide bonds. The maximum absolute atomic E-state index is 13.9. The number of benzene rings is 2. The van der Waals surface area contributed by atoms with Gasteiger partial charge in [-0.3, -0.25) is 8.71 Å². The maximum atomic E-state index is 13.9. The van der Waals surface area contributed by atoms with Crippen molar-refractivity contribution in [2.45, 2.75) is 32.2 Å². The van der Waals surface area contributed by atoms with Crippen LogP contribution >= 0.6 is 11.6 Å². The molecule has 6 nitrogen and oxygen atoms in total. The van der Waals surface area contributed by atoms with Crippen molar-refractivity contribution in [1.82, 2.24) is 14.6 Å². The van der Waals surface area contributed by atoms with Gasteiger partial charge in [-0.05, 0) is 73.9 Å². The Hall–Kier alpha value is -2.90. The van der Waals surface area contributed by atoms with Gasteiger partial charge in [0.1, 0.15) is 10.7 Å². The van der Waals surface area contributed by atoms with Crippen molar-refractivity contribution in [2.24, 2.45) is 0 Å². The van der Waals surface area contributed by atoms with E-state index in [1.54, 1.807) is 41.8 Å². The summed E-state index contributed by atoms with van der Waals surface area (Å²) in [6, 6.07) is 16.2. The first-order valence-electron chi connectivity index (χ1n) is 9.41. The van der Waals surface area contributed by atoms with E-state index in [-0.39, 0.29) is 11.4 Å². The molecule has 0 aliphatic carbocycles. The highest BCUT2D eigenvalue weighted by atomic mass is 35.5. The molecule has 30 heavy (non-hydrogen) atoms. The number of anilines is 1. The summed E-state index contributed by atoms with van der Waals surface area (Å²) in [7, 11) is -3.95. The minimum Gasteiger partial charge on any atom is -0.286 e. The van der Waals surface area contributed by atoms with E-state index in [0.29, 0.717) is 22.2 Å². The molecule has 4 aromatic rings. The van der Waals surface area contributed by atoms with Crippen molar-refractivity contribution in [3.05, 3.63) is 88.3 Å². The van der Waals surface area contributed by atoms with Crippen LogP contribution in [0.5, 0.6) is 0 Å². The van der Waals surface area contributed by atoms with Crippen LogP contribution in [0.2, 0.25) is 5.02 Å². The minimum absolute atomic E-state index is 0.104. The van der Waals surface area contributed by atoms with Crippen LogP contribution in [-0.2, 0) is 16.6 Å². The Morgan fingerprint density at radius 3 is 2.40 bits per heavy atom. The van der Waals surface area contributed by atoms with Crippen LogP contribution in [-0.4, -0.2) is 23.0 Å². The van der Waals surface area contributed by atoms with E-state index < -0.39 is 10.0 Å². The normalized spacial score (nSPS) is 11.7. The molecule has 4 rings (SSSR count). The van der Waals surface area contributed by atoms with Crippen molar-refractivity contribution >= 4 is 33.0 Å². The molecule has 0 spiro atoms. The fraction of sp³-hybridized carbons (Fsp3) is 0.182. The summed E-state index contributed by atoms with van der Waals surface area (Å²) in [5.74, 6) is 0.620. The van der Waals surface area contributed by atoms with Gasteiger partial charge in [-0.15, -0.1) is 10.2 Å². The largest absolute Gasteiger partial charge is 0.286 e. The summed E-state index contributed by atoms with van der Waals surface area (Å²) in [6.45, 7) is 5.82. The average molecular weight is 441 g/mol. The van der Waals surface area contributed by atoms with Gasteiger partial charge >= 0.3 is 0 Å². The number of rotatable bonds is 5. The molecule has 2 aromatic carbocycles. The van der Waals surface area contributed by atoms with Crippen molar-refractivity contribution in [3.63, 3.8) is 0 Å². The van der Waals surface area contributed by atoms with Crippen LogP contribution in [0.15, 0.2) is 65.7 Å². The number of aromatic nitrogens is 3. The van der Waals surface area contributed by atoms with Gasteiger partial charge in [0.15, 0.2) is 5.65 Å². The van der Waals surface area contributed by atoms with Crippen LogP contribution < -0.4 is 4.31 Å². The third-order valence-corrected chi connectivity index (χ3v) is 6.88. The predicted octanol–water partition coefficient (Wildman–Crippen LogP) is 4.70. The number of nitrogens with zero attached hydrogens (tertiary/aromatic N) is 4. The van der Waals surface area contributed by atoms with E-state index in [1.807, 2.05) is 44.2 Å². The van der Waals surface area contributed by atoms with E-state index >= 15 is 0 Å². The lowest BCUT2D eigenvalue weighted by molar-refractivity contribution is 0.590. The Kier molecular flexibility index (Phi) is 5.26. The number of hydrogen-bond acceptors (Lipinski definition) is 4. The SMILES string of the molecule is Cc1cc(C)cc(N(Cc2cccc(Cl)c2)S(=O)(=O)c2cccn3c(C)nnc23)c1. The molecule has 0 saturated carbocycles. The monoisotopic (exact) mass is 440 g/mol. The van der Waals surface area contributed by atoms with Gasteiger partial charge < -0.3 is 0 Å². The molecular weight excluding hydrogens is 420 g/mol. The molecule has 0 radical (unpaired) electrons. The Labute approximate surface area is 180 Å². The van der Waals surface area contributed by atoms with Crippen LogP contribution in [0.1, 0.15) is 22.5 Å². The predicted molar refractivity (Wildman–Crippen MR) is 118 cm³/mol. The van der Waals surface area contributed by atoms with Crippen molar-refractivity contribution in [2.75, 3.05) is 4.31 Å². The number of hydrogen-bond donors (Lipinski definition) is 0. The van der Waals surface area contributed by atoms with E-state index in [2.05, 4.69) is 10.2 Å². The molecule has 0 unspecified atom stereocenters. The first-order chi connectivity index (χ1) is 14.3. The molecule has 154 valence electrons. The van der Waals surface area contributed by atoms with Gasteiger partial charge in [0, 0.05) is 11.2 Å².